The summed E-state index contributed by atoms with van der Waals surface area (Å²) in [4.78, 5) is 3.76. The smallest absolute Gasteiger partial charge is 0.263 e. The van der Waals surface area contributed by atoms with Crippen LogP contribution in [0.15, 0.2) is 35.4 Å². The minimum Gasteiger partial charge on any atom is -0.382 e. The van der Waals surface area contributed by atoms with Crippen molar-refractivity contribution in [3.05, 3.63) is 46.6 Å². The first-order valence-corrected chi connectivity index (χ1v) is 8.23. The normalized spacial score (nSPS) is 11.4. The topological polar surface area (TPSA) is 85.1 Å². The minimum absolute atomic E-state index is 0.0213. The van der Waals surface area contributed by atoms with Crippen LogP contribution in [-0.2, 0) is 16.4 Å². The van der Waals surface area contributed by atoms with E-state index in [1.165, 1.54) is 12.3 Å². The van der Waals surface area contributed by atoms with E-state index in [2.05, 4.69) is 9.71 Å². The van der Waals surface area contributed by atoms with Crippen LogP contribution in [0.3, 0.4) is 0 Å². The number of halogens is 1. The van der Waals surface area contributed by atoms with Crippen LogP contribution in [0.4, 0.5) is 11.5 Å². The molecular weight excluding hydrogens is 310 g/mol. The van der Waals surface area contributed by atoms with E-state index in [-0.39, 0.29) is 15.7 Å². The molecule has 1 aromatic carbocycles. The fourth-order valence-corrected chi connectivity index (χ4v) is 3.31. The number of nitrogens with zero attached hydrogens (tertiary/aromatic N) is 1. The molecule has 0 aliphatic carbocycles. The van der Waals surface area contributed by atoms with Gasteiger partial charge in [0.25, 0.3) is 10.0 Å². The zero-order valence-electron chi connectivity index (χ0n) is 11.7. The molecule has 2 aromatic rings. The predicted molar refractivity (Wildman–Crippen MR) is 85.0 cm³/mol. The Hall–Kier alpha value is -1.79. The average Bonchev–Trinajstić information content (AvgIpc) is 2.43. The molecule has 112 valence electrons. The van der Waals surface area contributed by atoms with Crippen molar-refractivity contribution in [2.75, 3.05) is 10.5 Å². The third kappa shape index (κ3) is 3.28. The third-order valence-electron chi connectivity index (χ3n) is 3.13. The first-order chi connectivity index (χ1) is 9.85. The van der Waals surface area contributed by atoms with Gasteiger partial charge in [0.05, 0.1) is 10.7 Å². The summed E-state index contributed by atoms with van der Waals surface area (Å²) in [6.07, 6.45) is 1.91. The van der Waals surface area contributed by atoms with Gasteiger partial charge in [-0.1, -0.05) is 36.7 Å². The van der Waals surface area contributed by atoms with E-state index < -0.39 is 10.0 Å². The number of para-hydroxylation sites is 1. The number of anilines is 2. The largest absolute Gasteiger partial charge is 0.382 e. The van der Waals surface area contributed by atoms with Crippen molar-refractivity contribution in [3.8, 4) is 0 Å². The van der Waals surface area contributed by atoms with E-state index in [9.17, 15) is 8.42 Å². The first kappa shape index (κ1) is 15.6. The lowest BCUT2D eigenvalue weighted by molar-refractivity contribution is 0.600. The van der Waals surface area contributed by atoms with Gasteiger partial charge >= 0.3 is 0 Å². The standard InChI is InChI=1S/C14H16ClN3O2S/c1-3-10-6-4-5-9(2)13(10)18-21(19,20)11-7-12(15)14(16)17-8-11/h4-8,18H,3H2,1-2H3,(H2,16,17). The summed E-state index contributed by atoms with van der Waals surface area (Å²) in [6, 6.07) is 6.92. The van der Waals surface area contributed by atoms with Crippen molar-refractivity contribution in [1.29, 1.82) is 0 Å². The number of pyridine rings is 1. The molecule has 5 nitrogen and oxygen atoms in total. The van der Waals surface area contributed by atoms with Crippen molar-refractivity contribution in [1.82, 2.24) is 4.98 Å². The van der Waals surface area contributed by atoms with Crippen LogP contribution in [0.2, 0.25) is 5.02 Å². The maximum atomic E-state index is 12.4. The fraction of sp³-hybridized carbons (Fsp3) is 0.214. The summed E-state index contributed by atoms with van der Waals surface area (Å²) >= 11 is 5.83. The number of aromatic nitrogens is 1. The van der Waals surface area contributed by atoms with E-state index in [4.69, 9.17) is 17.3 Å². The highest BCUT2D eigenvalue weighted by Gasteiger charge is 2.18. The van der Waals surface area contributed by atoms with Gasteiger partial charge < -0.3 is 5.73 Å². The Labute approximate surface area is 129 Å². The molecule has 2 rings (SSSR count). The van der Waals surface area contributed by atoms with Gasteiger partial charge in [0, 0.05) is 6.20 Å². The maximum Gasteiger partial charge on any atom is 0.263 e. The Kier molecular flexibility index (Phi) is 4.39. The van der Waals surface area contributed by atoms with Gasteiger partial charge in [-0.05, 0) is 30.5 Å². The molecule has 0 spiro atoms. The number of nitrogens with one attached hydrogen (secondary N) is 1. The number of aryl methyl sites for hydroxylation is 2. The Morgan fingerprint density at radius 1 is 1.38 bits per heavy atom. The highest BCUT2D eigenvalue weighted by Crippen LogP contribution is 2.26. The van der Waals surface area contributed by atoms with E-state index in [1.54, 1.807) is 0 Å². The van der Waals surface area contributed by atoms with Gasteiger partial charge in [-0.25, -0.2) is 13.4 Å². The second kappa shape index (κ2) is 5.91. The molecule has 0 bridgehead atoms. The molecule has 1 aromatic heterocycles. The molecule has 0 radical (unpaired) electrons. The summed E-state index contributed by atoms with van der Waals surface area (Å²) in [6.45, 7) is 3.82. The van der Waals surface area contributed by atoms with Crippen LogP contribution in [0.25, 0.3) is 0 Å². The number of benzene rings is 1. The van der Waals surface area contributed by atoms with Gasteiger partial charge in [0.2, 0.25) is 0 Å². The van der Waals surface area contributed by atoms with Crippen LogP contribution in [0.1, 0.15) is 18.1 Å². The molecule has 0 amide bonds. The Balaban J connectivity index is 2.44. The molecule has 7 heteroatoms. The number of nitrogen functional groups attached to an aromatic ring is 1. The molecule has 0 aliphatic heterocycles. The molecular formula is C14H16ClN3O2S. The number of sulfonamides is 1. The summed E-state index contributed by atoms with van der Waals surface area (Å²) in [5, 5.41) is 0.110. The number of nitrogens with two attached hydrogens (primary N) is 1. The fourth-order valence-electron chi connectivity index (χ4n) is 1.94. The number of rotatable bonds is 4. The molecule has 3 N–H and O–H groups in total. The predicted octanol–water partition coefficient (Wildman–Crippen LogP) is 2.99. The van der Waals surface area contributed by atoms with E-state index >= 15 is 0 Å². The molecule has 0 saturated heterocycles. The number of hydrogen-bond donors (Lipinski definition) is 2. The van der Waals surface area contributed by atoms with Crippen molar-refractivity contribution < 1.29 is 8.42 Å². The average molecular weight is 326 g/mol. The molecule has 0 atom stereocenters. The summed E-state index contributed by atoms with van der Waals surface area (Å²) in [7, 11) is -3.76. The summed E-state index contributed by atoms with van der Waals surface area (Å²) in [5.41, 5.74) is 7.86. The quantitative estimate of drug-likeness (QED) is 0.905. The Bertz CT molecular complexity index is 776. The number of hydrogen-bond acceptors (Lipinski definition) is 4. The SMILES string of the molecule is CCc1cccc(C)c1NS(=O)(=O)c1cnc(N)c(Cl)c1. The highest BCUT2D eigenvalue weighted by atomic mass is 35.5. The second-order valence-electron chi connectivity index (χ2n) is 4.61. The van der Waals surface area contributed by atoms with Crippen molar-refractivity contribution in [2.45, 2.75) is 25.2 Å². The molecule has 0 saturated carbocycles. The molecule has 1 heterocycles. The van der Waals surface area contributed by atoms with Crippen LogP contribution < -0.4 is 10.5 Å². The second-order valence-corrected chi connectivity index (χ2v) is 6.70. The van der Waals surface area contributed by atoms with Crippen LogP contribution in [0, 0.1) is 6.92 Å². The third-order valence-corrected chi connectivity index (χ3v) is 4.75. The van der Waals surface area contributed by atoms with E-state index in [0.717, 1.165) is 17.5 Å². The van der Waals surface area contributed by atoms with Crippen molar-refractivity contribution in [3.63, 3.8) is 0 Å². The highest BCUT2D eigenvalue weighted by molar-refractivity contribution is 7.92. The van der Waals surface area contributed by atoms with Gasteiger partial charge in [0.1, 0.15) is 10.7 Å². The lowest BCUT2D eigenvalue weighted by atomic mass is 10.1. The van der Waals surface area contributed by atoms with Gasteiger partial charge in [-0.15, -0.1) is 0 Å². The van der Waals surface area contributed by atoms with Crippen molar-refractivity contribution in [2.24, 2.45) is 0 Å². The minimum atomic E-state index is -3.76. The lowest BCUT2D eigenvalue weighted by Gasteiger charge is -2.14. The van der Waals surface area contributed by atoms with Gasteiger partial charge in [0.15, 0.2) is 0 Å². The monoisotopic (exact) mass is 325 g/mol. The molecule has 0 unspecified atom stereocenters. The van der Waals surface area contributed by atoms with E-state index in [1.807, 2.05) is 32.0 Å². The van der Waals surface area contributed by atoms with Gasteiger partial charge in [-0.2, -0.15) is 0 Å². The molecule has 0 fully saturated rings. The van der Waals surface area contributed by atoms with Gasteiger partial charge in [-0.3, -0.25) is 4.72 Å². The summed E-state index contributed by atoms with van der Waals surface area (Å²) < 4.78 is 27.5. The zero-order valence-corrected chi connectivity index (χ0v) is 13.3. The van der Waals surface area contributed by atoms with Crippen LogP contribution >= 0.6 is 11.6 Å². The first-order valence-electron chi connectivity index (χ1n) is 6.37. The summed E-state index contributed by atoms with van der Waals surface area (Å²) in [5.74, 6) is 0.0979. The zero-order chi connectivity index (χ0) is 15.6. The maximum absolute atomic E-state index is 12.4. The van der Waals surface area contributed by atoms with Crippen molar-refractivity contribution >= 4 is 33.1 Å². The van der Waals surface area contributed by atoms with Crippen LogP contribution in [0.5, 0.6) is 0 Å². The van der Waals surface area contributed by atoms with Crippen LogP contribution in [-0.4, -0.2) is 13.4 Å². The Morgan fingerprint density at radius 3 is 2.71 bits per heavy atom. The molecule has 0 aliphatic rings. The molecule has 21 heavy (non-hydrogen) atoms. The lowest BCUT2D eigenvalue weighted by Crippen LogP contribution is -2.15. The Morgan fingerprint density at radius 2 is 2.10 bits per heavy atom. The van der Waals surface area contributed by atoms with E-state index in [0.29, 0.717) is 5.69 Å².